The van der Waals surface area contributed by atoms with E-state index in [9.17, 15) is 18.7 Å². The van der Waals surface area contributed by atoms with Crippen molar-refractivity contribution in [2.75, 3.05) is 31.1 Å². The Balaban J connectivity index is 1.13. The van der Waals surface area contributed by atoms with E-state index in [1.807, 2.05) is 18.2 Å². The molecule has 0 atom stereocenters. The third-order valence-electron chi connectivity index (χ3n) is 8.62. The van der Waals surface area contributed by atoms with Crippen LogP contribution in [0.15, 0.2) is 24.4 Å². The van der Waals surface area contributed by atoms with Crippen molar-refractivity contribution in [2.24, 2.45) is 23.2 Å². The van der Waals surface area contributed by atoms with E-state index in [4.69, 9.17) is 0 Å². The summed E-state index contributed by atoms with van der Waals surface area (Å²) in [7, 11) is -2.54. The molecule has 0 aromatic carbocycles. The fourth-order valence-electron chi connectivity index (χ4n) is 7.44. The van der Waals surface area contributed by atoms with Gasteiger partial charge in [0.05, 0.1) is 23.6 Å². The first-order valence-corrected chi connectivity index (χ1v) is 14.4. The zero-order chi connectivity index (χ0) is 23.5. The number of carbonyl (C=O) groups excluding carboxylic acids is 2. The number of fused-ring (bicyclic) bond motifs is 1. The monoisotopic (exact) mass is 486 g/mol. The smallest absolute Gasteiger partial charge is 0.268 e. The second-order valence-electron chi connectivity index (χ2n) is 11.2. The van der Waals surface area contributed by atoms with Gasteiger partial charge in [0.1, 0.15) is 11.3 Å². The third-order valence-corrected chi connectivity index (χ3v) is 10.3. The topological polar surface area (TPSA) is 107 Å². The minimum absolute atomic E-state index is 0.0777. The van der Waals surface area contributed by atoms with Crippen molar-refractivity contribution in [2.45, 2.75) is 44.9 Å². The molecular formula is C25H34N4O4S. The van der Waals surface area contributed by atoms with E-state index in [0.717, 1.165) is 24.3 Å². The van der Waals surface area contributed by atoms with Crippen molar-refractivity contribution in [3.8, 4) is 0 Å². The van der Waals surface area contributed by atoms with Gasteiger partial charge in [-0.2, -0.15) is 10.6 Å². The SMILES string of the molecule is O=C(NCC12CC3CC(CC(C3)C1)C2)c1cccc2nc(CC(=O)N3CCS(O)(O)CC3)cn12. The molecule has 1 aliphatic heterocycles. The Morgan fingerprint density at radius 2 is 1.71 bits per heavy atom. The summed E-state index contributed by atoms with van der Waals surface area (Å²) in [6, 6.07) is 5.49. The van der Waals surface area contributed by atoms with Gasteiger partial charge in [0, 0.05) is 25.8 Å². The van der Waals surface area contributed by atoms with E-state index in [2.05, 4.69) is 10.3 Å². The molecule has 2 aromatic heterocycles. The van der Waals surface area contributed by atoms with Crippen LogP contribution in [0.1, 0.15) is 54.7 Å². The Bertz CT molecular complexity index is 1080. The maximum Gasteiger partial charge on any atom is 0.268 e. The number of imidazole rings is 1. The van der Waals surface area contributed by atoms with Gasteiger partial charge in [-0.1, -0.05) is 6.07 Å². The van der Waals surface area contributed by atoms with Gasteiger partial charge in [-0.3, -0.25) is 23.1 Å². The summed E-state index contributed by atoms with van der Waals surface area (Å²) in [4.78, 5) is 32.2. The van der Waals surface area contributed by atoms with Crippen molar-refractivity contribution < 1.29 is 18.7 Å². The third kappa shape index (κ3) is 4.22. The zero-order valence-electron chi connectivity index (χ0n) is 19.5. The van der Waals surface area contributed by atoms with Gasteiger partial charge in [-0.15, -0.1) is 0 Å². The molecule has 2 amide bonds. The summed E-state index contributed by atoms with van der Waals surface area (Å²) >= 11 is 0. The lowest BCUT2D eigenvalue weighted by atomic mass is 9.49. The quantitative estimate of drug-likeness (QED) is 0.600. The Hall–Kier alpha value is -2.10. The second kappa shape index (κ2) is 8.24. The number of carbonyl (C=O) groups is 2. The van der Waals surface area contributed by atoms with Gasteiger partial charge < -0.3 is 10.2 Å². The number of nitrogens with one attached hydrogen (secondary N) is 1. The van der Waals surface area contributed by atoms with Crippen LogP contribution in [0.2, 0.25) is 0 Å². The summed E-state index contributed by atoms with van der Waals surface area (Å²) < 4.78 is 21.3. The predicted octanol–water partition coefficient (Wildman–Crippen LogP) is 3.42. The molecule has 8 nitrogen and oxygen atoms in total. The van der Waals surface area contributed by atoms with Crippen molar-refractivity contribution in [1.82, 2.24) is 19.6 Å². The average Bonchev–Trinajstić information content (AvgIpc) is 3.19. The summed E-state index contributed by atoms with van der Waals surface area (Å²) in [6.45, 7) is 1.46. The van der Waals surface area contributed by atoms with Gasteiger partial charge in [0.15, 0.2) is 0 Å². The molecule has 34 heavy (non-hydrogen) atoms. The molecule has 1 saturated heterocycles. The first-order chi connectivity index (χ1) is 16.3. The summed E-state index contributed by atoms with van der Waals surface area (Å²) in [5.74, 6) is 2.87. The Labute approximate surface area is 201 Å². The lowest BCUT2D eigenvalue weighted by Gasteiger charge is -2.56. The van der Waals surface area contributed by atoms with Crippen LogP contribution in [-0.4, -0.2) is 66.3 Å². The molecule has 0 unspecified atom stereocenters. The molecule has 7 rings (SSSR count). The molecule has 5 fully saturated rings. The molecule has 5 aliphatic rings. The van der Waals surface area contributed by atoms with Gasteiger partial charge >= 0.3 is 0 Å². The van der Waals surface area contributed by atoms with Crippen molar-refractivity contribution in [3.63, 3.8) is 0 Å². The van der Waals surface area contributed by atoms with E-state index in [1.165, 1.54) is 38.5 Å². The Kier molecular flexibility index (Phi) is 5.42. The van der Waals surface area contributed by atoms with Crippen LogP contribution in [0.25, 0.3) is 5.65 Å². The maximum absolute atomic E-state index is 13.2. The number of pyridine rings is 1. The first kappa shape index (κ1) is 22.4. The number of hydrogen-bond acceptors (Lipinski definition) is 5. The van der Waals surface area contributed by atoms with E-state index in [1.54, 1.807) is 15.5 Å². The fourth-order valence-corrected chi connectivity index (χ4v) is 8.67. The summed E-state index contributed by atoms with van der Waals surface area (Å²) in [5.41, 5.74) is 2.09. The molecular weight excluding hydrogens is 452 g/mol. The molecule has 0 radical (unpaired) electrons. The number of nitrogens with zero attached hydrogens (tertiary/aromatic N) is 3. The molecule has 3 heterocycles. The van der Waals surface area contributed by atoms with Crippen LogP contribution in [-0.2, 0) is 11.2 Å². The molecule has 4 bridgehead atoms. The summed E-state index contributed by atoms with van der Waals surface area (Å²) in [6.07, 6.45) is 9.86. The fraction of sp³-hybridized carbons (Fsp3) is 0.640. The molecule has 4 saturated carbocycles. The van der Waals surface area contributed by atoms with Crippen molar-refractivity contribution in [1.29, 1.82) is 0 Å². The number of aromatic nitrogens is 2. The lowest BCUT2D eigenvalue weighted by Crippen LogP contribution is -2.51. The normalized spacial score (nSPS) is 32.6. The standard InChI is InChI=1S/C25H34N4O4S/c30-23(28-4-6-34(32,33)7-5-28)11-20-15-29-21(2-1-3-22(29)27-20)24(31)26-16-25-12-17-8-18(13-25)10-19(9-17)14-25/h1-3,15,17-19,32-33H,4-14,16H2,(H,26,31). The molecule has 9 heteroatoms. The van der Waals surface area contributed by atoms with Crippen LogP contribution in [0.4, 0.5) is 0 Å². The molecule has 0 spiro atoms. The number of amides is 2. The molecule has 4 aliphatic carbocycles. The minimum Gasteiger partial charge on any atom is -0.350 e. The lowest BCUT2D eigenvalue weighted by molar-refractivity contribution is -0.130. The van der Waals surface area contributed by atoms with Crippen LogP contribution in [0, 0.1) is 23.2 Å². The summed E-state index contributed by atoms with van der Waals surface area (Å²) in [5, 5.41) is 3.25. The first-order valence-electron chi connectivity index (χ1n) is 12.5. The van der Waals surface area contributed by atoms with Gasteiger partial charge in [0.25, 0.3) is 5.91 Å². The van der Waals surface area contributed by atoms with Gasteiger partial charge in [-0.25, -0.2) is 4.98 Å². The van der Waals surface area contributed by atoms with Crippen LogP contribution < -0.4 is 5.32 Å². The van der Waals surface area contributed by atoms with E-state index in [0.29, 0.717) is 30.1 Å². The highest BCUT2D eigenvalue weighted by Gasteiger charge is 2.50. The van der Waals surface area contributed by atoms with Crippen LogP contribution in [0.3, 0.4) is 0 Å². The van der Waals surface area contributed by atoms with E-state index in [-0.39, 0.29) is 35.2 Å². The van der Waals surface area contributed by atoms with Crippen molar-refractivity contribution >= 4 is 28.1 Å². The average molecular weight is 487 g/mol. The minimum atomic E-state index is -2.54. The van der Waals surface area contributed by atoms with Crippen molar-refractivity contribution in [3.05, 3.63) is 35.8 Å². The Morgan fingerprint density at radius 3 is 2.35 bits per heavy atom. The van der Waals surface area contributed by atoms with Crippen LogP contribution in [0.5, 0.6) is 0 Å². The van der Waals surface area contributed by atoms with Crippen LogP contribution >= 0.6 is 10.6 Å². The highest BCUT2D eigenvalue weighted by molar-refractivity contribution is 8.24. The van der Waals surface area contributed by atoms with Gasteiger partial charge in [-0.05, 0) is 73.8 Å². The molecule has 184 valence electrons. The van der Waals surface area contributed by atoms with E-state index >= 15 is 0 Å². The second-order valence-corrected chi connectivity index (χ2v) is 13.7. The number of rotatable bonds is 5. The molecule has 2 aromatic rings. The number of hydrogen-bond donors (Lipinski definition) is 3. The van der Waals surface area contributed by atoms with Gasteiger partial charge in [0.2, 0.25) is 5.91 Å². The zero-order valence-corrected chi connectivity index (χ0v) is 20.3. The highest BCUT2D eigenvalue weighted by Crippen LogP contribution is 2.59. The predicted molar refractivity (Wildman–Crippen MR) is 131 cm³/mol. The molecule has 3 N–H and O–H groups in total. The van der Waals surface area contributed by atoms with E-state index < -0.39 is 10.6 Å². The highest BCUT2D eigenvalue weighted by atomic mass is 32.3. The Morgan fingerprint density at radius 1 is 1.06 bits per heavy atom. The largest absolute Gasteiger partial charge is 0.350 e. The maximum atomic E-state index is 13.2.